The van der Waals surface area contributed by atoms with Crippen molar-refractivity contribution in [2.75, 3.05) is 36.0 Å². The van der Waals surface area contributed by atoms with Crippen LogP contribution in [0.4, 0.5) is 16.2 Å². The molecule has 198 valence electrons. The highest BCUT2D eigenvalue weighted by atomic mass is 35.5. The quantitative estimate of drug-likeness (QED) is 0.505. The van der Waals surface area contributed by atoms with Gasteiger partial charge in [-0.2, -0.15) is 0 Å². The molecule has 3 aliphatic heterocycles. The minimum Gasteiger partial charge on any atom is -0.368 e. The molecule has 1 N–H and O–H groups in total. The number of piperazine rings is 1. The molecule has 1 aliphatic carbocycles. The van der Waals surface area contributed by atoms with Crippen LogP contribution >= 0.6 is 23.4 Å². The molecule has 1 aromatic heterocycles. The normalized spacial score (nSPS) is 23.1. The van der Waals surface area contributed by atoms with Gasteiger partial charge in [0.15, 0.2) is 0 Å². The number of aromatic nitrogens is 1. The molecule has 4 heterocycles. The standard InChI is InChI=1S/C29H26ClN5O3S/c30-22-4-2-1-3-20(22)25-14-23-26(39-25)28(37)35(29(38)32-23)24-16-31-15-18-7-8-19(13-21(18)24)33-9-11-34(12-10-33)27(36)17-5-6-17/h1-4,7-8,13-17,23,26H,5-6,9-12H2,(H,32,38). The molecule has 0 radical (unpaired) electrons. The third kappa shape index (κ3) is 4.33. The molecule has 10 heteroatoms. The summed E-state index contributed by atoms with van der Waals surface area (Å²) in [7, 11) is 0. The second kappa shape index (κ2) is 9.57. The van der Waals surface area contributed by atoms with Gasteiger partial charge in [-0.05, 0) is 37.1 Å². The number of fused-ring (bicyclic) bond motifs is 2. The van der Waals surface area contributed by atoms with Crippen molar-refractivity contribution in [1.82, 2.24) is 15.2 Å². The number of hydrogen-bond acceptors (Lipinski definition) is 6. The first-order chi connectivity index (χ1) is 19.0. The van der Waals surface area contributed by atoms with Gasteiger partial charge in [0, 0.05) is 70.2 Å². The van der Waals surface area contributed by atoms with Gasteiger partial charge < -0.3 is 15.1 Å². The fraction of sp³-hybridized carbons (Fsp3) is 0.310. The van der Waals surface area contributed by atoms with Crippen molar-refractivity contribution in [3.63, 3.8) is 0 Å². The number of urea groups is 1. The summed E-state index contributed by atoms with van der Waals surface area (Å²) in [4.78, 5) is 50.2. The zero-order chi connectivity index (χ0) is 26.7. The number of carbonyl (C=O) groups is 3. The topological polar surface area (TPSA) is 85.8 Å². The van der Waals surface area contributed by atoms with Crippen LogP contribution in [0.3, 0.4) is 0 Å². The lowest BCUT2D eigenvalue weighted by molar-refractivity contribution is -0.132. The summed E-state index contributed by atoms with van der Waals surface area (Å²) in [6, 6.07) is 12.7. The summed E-state index contributed by atoms with van der Waals surface area (Å²) >= 11 is 7.83. The van der Waals surface area contributed by atoms with Gasteiger partial charge in [0.05, 0.1) is 17.9 Å². The van der Waals surface area contributed by atoms with Crippen LogP contribution in [0, 0.1) is 5.92 Å². The van der Waals surface area contributed by atoms with Gasteiger partial charge >= 0.3 is 6.03 Å². The van der Waals surface area contributed by atoms with Crippen LogP contribution in [0.25, 0.3) is 15.7 Å². The van der Waals surface area contributed by atoms with Gasteiger partial charge in [-0.25, -0.2) is 9.69 Å². The Balaban J connectivity index is 1.15. The minimum atomic E-state index is -0.496. The van der Waals surface area contributed by atoms with Crippen LogP contribution < -0.4 is 15.1 Å². The lowest BCUT2D eigenvalue weighted by Gasteiger charge is -2.36. The Hall–Kier alpha value is -3.56. The number of nitrogens with one attached hydrogen (secondary N) is 1. The molecule has 4 amide bonds. The van der Waals surface area contributed by atoms with Crippen molar-refractivity contribution in [2.45, 2.75) is 24.1 Å². The molecular formula is C29H26ClN5O3S. The number of halogens is 1. The average Bonchev–Trinajstić information content (AvgIpc) is 3.72. The second-order valence-corrected chi connectivity index (χ2v) is 11.9. The van der Waals surface area contributed by atoms with Gasteiger partial charge in [-0.1, -0.05) is 35.9 Å². The molecule has 0 spiro atoms. The lowest BCUT2D eigenvalue weighted by atomic mass is 10.1. The number of anilines is 2. The predicted molar refractivity (Wildman–Crippen MR) is 154 cm³/mol. The van der Waals surface area contributed by atoms with E-state index in [9.17, 15) is 14.4 Å². The summed E-state index contributed by atoms with van der Waals surface area (Å²) in [6.45, 7) is 2.88. The van der Waals surface area contributed by atoms with E-state index in [0.29, 0.717) is 23.8 Å². The molecule has 2 aromatic carbocycles. The lowest BCUT2D eigenvalue weighted by Crippen LogP contribution is -2.60. The molecule has 3 fully saturated rings. The van der Waals surface area contributed by atoms with Gasteiger partial charge in [0.25, 0.3) is 5.91 Å². The van der Waals surface area contributed by atoms with Crippen LogP contribution in [0.1, 0.15) is 18.4 Å². The maximum absolute atomic E-state index is 13.8. The highest BCUT2D eigenvalue weighted by Gasteiger charge is 2.46. The first-order valence-electron chi connectivity index (χ1n) is 13.2. The van der Waals surface area contributed by atoms with Crippen LogP contribution in [0.15, 0.2) is 60.9 Å². The Morgan fingerprint density at radius 1 is 1.03 bits per heavy atom. The molecule has 4 aliphatic rings. The maximum Gasteiger partial charge on any atom is 0.329 e. The number of rotatable bonds is 4. The van der Waals surface area contributed by atoms with Gasteiger partial charge in [-0.3, -0.25) is 14.6 Å². The monoisotopic (exact) mass is 559 g/mol. The third-order valence-corrected chi connectivity index (χ3v) is 9.54. The Bertz CT molecular complexity index is 1550. The van der Waals surface area contributed by atoms with E-state index >= 15 is 0 Å². The highest BCUT2D eigenvalue weighted by Crippen LogP contribution is 2.45. The van der Waals surface area contributed by atoms with E-state index in [4.69, 9.17) is 11.6 Å². The number of amides is 4. The summed E-state index contributed by atoms with van der Waals surface area (Å²) in [5.41, 5.74) is 2.31. The molecule has 2 saturated heterocycles. The van der Waals surface area contributed by atoms with Crippen LogP contribution in [-0.2, 0) is 9.59 Å². The Morgan fingerprint density at radius 2 is 1.82 bits per heavy atom. The Labute approximate surface area is 235 Å². The van der Waals surface area contributed by atoms with Crippen LogP contribution in [0.2, 0.25) is 5.02 Å². The summed E-state index contributed by atoms with van der Waals surface area (Å²) in [5.74, 6) is 0.236. The first kappa shape index (κ1) is 24.5. The predicted octanol–water partition coefficient (Wildman–Crippen LogP) is 4.53. The average molecular weight is 560 g/mol. The molecule has 8 nitrogen and oxygen atoms in total. The smallest absolute Gasteiger partial charge is 0.329 e. The number of thioether (sulfide) groups is 1. The fourth-order valence-corrected chi connectivity index (χ4v) is 7.18. The molecule has 1 saturated carbocycles. The van der Waals surface area contributed by atoms with E-state index in [1.807, 2.05) is 53.4 Å². The number of pyridine rings is 1. The summed E-state index contributed by atoms with van der Waals surface area (Å²) < 4.78 is 0. The van der Waals surface area contributed by atoms with Crippen LogP contribution in [0.5, 0.6) is 0 Å². The van der Waals surface area contributed by atoms with E-state index in [1.54, 1.807) is 12.4 Å². The largest absolute Gasteiger partial charge is 0.368 e. The van der Waals surface area contributed by atoms with E-state index in [2.05, 4.69) is 15.2 Å². The third-order valence-electron chi connectivity index (χ3n) is 7.85. The van der Waals surface area contributed by atoms with Gasteiger partial charge in [-0.15, -0.1) is 11.8 Å². The van der Waals surface area contributed by atoms with Crippen molar-refractivity contribution in [2.24, 2.45) is 5.92 Å². The number of carbonyl (C=O) groups excluding carboxylic acids is 3. The molecule has 2 atom stereocenters. The van der Waals surface area contributed by atoms with Gasteiger partial charge in [0.2, 0.25) is 5.91 Å². The first-order valence-corrected chi connectivity index (χ1v) is 14.4. The summed E-state index contributed by atoms with van der Waals surface area (Å²) in [5, 5.41) is 4.73. The number of benzene rings is 2. The van der Waals surface area contributed by atoms with Gasteiger partial charge in [0.1, 0.15) is 5.25 Å². The molecule has 3 aromatic rings. The van der Waals surface area contributed by atoms with Crippen LogP contribution in [-0.4, -0.2) is 65.2 Å². The zero-order valence-corrected chi connectivity index (χ0v) is 22.6. The van der Waals surface area contributed by atoms with E-state index < -0.39 is 17.3 Å². The minimum absolute atomic E-state index is 0.231. The van der Waals surface area contributed by atoms with E-state index in [-0.39, 0.29) is 17.7 Å². The molecular weight excluding hydrogens is 534 g/mol. The second-order valence-electron chi connectivity index (χ2n) is 10.3. The molecule has 0 bridgehead atoms. The number of hydrogen-bond donors (Lipinski definition) is 1. The molecule has 2 unspecified atom stereocenters. The van der Waals surface area contributed by atoms with E-state index in [0.717, 1.165) is 52.9 Å². The van der Waals surface area contributed by atoms with Crippen molar-refractivity contribution in [3.05, 3.63) is 71.5 Å². The Morgan fingerprint density at radius 3 is 2.59 bits per heavy atom. The number of imide groups is 1. The number of nitrogens with zero attached hydrogens (tertiary/aromatic N) is 4. The van der Waals surface area contributed by atoms with Crippen molar-refractivity contribution in [1.29, 1.82) is 0 Å². The Kier molecular flexibility index (Phi) is 6.01. The summed E-state index contributed by atoms with van der Waals surface area (Å²) in [6.07, 6.45) is 7.27. The maximum atomic E-state index is 13.8. The fourth-order valence-electron chi connectivity index (χ4n) is 5.58. The van der Waals surface area contributed by atoms with Crippen molar-refractivity contribution < 1.29 is 14.4 Å². The zero-order valence-electron chi connectivity index (χ0n) is 21.0. The molecule has 39 heavy (non-hydrogen) atoms. The molecule has 7 rings (SSSR count). The van der Waals surface area contributed by atoms with E-state index in [1.165, 1.54) is 16.7 Å². The SMILES string of the molecule is O=C(C1CC1)N1CCN(c2ccc3cncc(N4C(=O)NC5C=C(c6ccccc6Cl)SC5C4=O)c3c2)CC1. The van der Waals surface area contributed by atoms with Crippen molar-refractivity contribution in [3.8, 4) is 0 Å². The highest BCUT2D eigenvalue weighted by molar-refractivity contribution is 8.09. The van der Waals surface area contributed by atoms with Crippen molar-refractivity contribution >= 4 is 68.3 Å².